The van der Waals surface area contributed by atoms with Gasteiger partial charge in [-0.2, -0.15) is 0 Å². The van der Waals surface area contributed by atoms with Gasteiger partial charge in [-0.15, -0.1) is 0 Å². The average molecular weight is 316 g/mol. The van der Waals surface area contributed by atoms with Crippen LogP contribution in [0.3, 0.4) is 0 Å². The zero-order chi connectivity index (χ0) is 15.9. The summed E-state index contributed by atoms with van der Waals surface area (Å²) in [5, 5.41) is 10.5. The highest BCUT2D eigenvalue weighted by atomic mass is 16.8. The van der Waals surface area contributed by atoms with E-state index in [1.54, 1.807) is 0 Å². The molecule has 3 saturated heterocycles. The van der Waals surface area contributed by atoms with E-state index in [-0.39, 0.29) is 18.7 Å². The van der Waals surface area contributed by atoms with Crippen LogP contribution >= 0.6 is 0 Å². The fourth-order valence-corrected chi connectivity index (χ4v) is 3.23. The third-order valence-electron chi connectivity index (χ3n) is 4.29. The van der Waals surface area contributed by atoms with Crippen molar-refractivity contribution in [1.29, 1.82) is 0 Å². The van der Waals surface area contributed by atoms with Crippen LogP contribution in [0.5, 0.6) is 0 Å². The van der Waals surface area contributed by atoms with Gasteiger partial charge in [-0.3, -0.25) is 0 Å². The van der Waals surface area contributed by atoms with E-state index < -0.39 is 24.6 Å². The van der Waals surface area contributed by atoms with E-state index in [9.17, 15) is 5.11 Å². The van der Waals surface area contributed by atoms with Gasteiger partial charge in [0.05, 0.1) is 6.61 Å². The molecule has 0 aromatic heterocycles. The highest BCUT2D eigenvalue weighted by Crippen LogP contribution is 2.37. The molecule has 0 aromatic rings. The molecule has 6 heteroatoms. The molecule has 0 amide bonds. The van der Waals surface area contributed by atoms with Crippen LogP contribution < -0.4 is 0 Å². The molecule has 7 unspecified atom stereocenters. The van der Waals surface area contributed by atoms with Gasteiger partial charge in [-0.1, -0.05) is 27.7 Å². The summed E-state index contributed by atoms with van der Waals surface area (Å²) in [4.78, 5) is 0. The van der Waals surface area contributed by atoms with Crippen LogP contribution in [-0.2, 0) is 23.7 Å². The molecule has 0 spiro atoms. The second kappa shape index (κ2) is 6.71. The topological polar surface area (TPSA) is 66.4 Å². The molecule has 0 bridgehead atoms. The summed E-state index contributed by atoms with van der Waals surface area (Å²) in [6.45, 7) is 8.91. The second-order valence-corrected chi connectivity index (χ2v) is 7.32. The Hall–Kier alpha value is -0.240. The monoisotopic (exact) mass is 316 g/mol. The van der Waals surface area contributed by atoms with Crippen molar-refractivity contribution >= 4 is 0 Å². The molecular weight excluding hydrogens is 288 g/mol. The van der Waals surface area contributed by atoms with Crippen LogP contribution in [0, 0.1) is 11.8 Å². The number of aliphatic hydroxyl groups excluding tert-OH is 1. The van der Waals surface area contributed by atoms with Gasteiger partial charge in [0.1, 0.15) is 24.4 Å². The van der Waals surface area contributed by atoms with E-state index in [0.717, 1.165) is 12.8 Å². The summed E-state index contributed by atoms with van der Waals surface area (Å²) in [7, 11) is 0. The molecule has 128 valence electrons. The van der Waals surface area contributed by atoms with Gasteiger partial charge in [0.2, 0.25) is 0 Å². The molecule has 3 fully saturated rings. The summed E-state index contributed by atoms with van der Waals surface area (Å²) < 4.78 is 28.9. The average Bonchev–Trinajstić information content (AvgIpc) is 3.06. The summed E-state index contributed by atoms with van der Waals surface area (Å²) in [5.74, 6) is 0.973. The van der Waals surface area contributed by atoms with Crippen molar-refractivity contribution in [3.8, 4) is 0 Å². The number of hydrogen-bond acceptors (Lipinski definition) is 6. The molecule has 7 atom stereocenters. The molecule has 0 radical (unpaired) electrons. The van der Waals surface area contributed by atoms with Crippen LogP contribution in [0.25, 0.3) is 0 Å². The Bertz CT molecular complexity index is 374. The third-order valence-corrected chi connectivity index (χ3v) is 4.29. The Morgan fingerprint density at radius 3 is 2.18 bits per heavy atom. The third kappa shape index (κ3) is 3.47. The first-order valence-corrected chi connectivity index (χ1v) is 8.35. The van der Waals surface area contributed by atoms with E-state index in [4.69, 9.17) is 23.7 Å². The van der Waals surface area contributed by atoms with Crippen molar-refractivity contribution in [2.45, 2.75) is 83.8 Å². The predicted molar refractivity (Wildman–Crippen MR) is 77.9 cm³/mol. The zero-order valence-electron chi connectivity index (χ0n) is 13.8. The van der Waals surface area contributed by atoms with E-state index in [2.05, 4.69) is 27.7 Å². The van der Waals surface area contributed by atoms with Gasteiger partial charge in [0.25, 0.3) is 0 Å². The fourth-order valence-electron chi connectivity index (χ4n) is 3.23. The van der Waals surface area contributed by atoms with E-state index >= 15 is 0 Å². The number of ether oxygens (including phenoxy) is 5. The molecule has 3 aliphatic rings. The maximum Gasteiger partial charge on any atom is 0.190 e. The Kier molecular flexibility index (Phi) is 5.07. The Morgan fingerprint density at radius 2 is 1.55 bits per heavy atom. The summed E-state index contributed by atoms with van der Waals surface area (Å²) in [6, 6.07) is 0. The van der Waals surface area contributed by atoms with Crippen molar-refractivity contribution in [3.63, 3.8) is 0 Å². The number of hydrogen-bond donors (Lipinski definition) is 1. The first kappa shape index (κ1) is 16.6. The van der Waals surface area contributed by atoms with E-state index in [1.165, 1.54) is 0 Å². The van der Waals surface area contributed by atoms with Crippen LogP contribution in [0.4, 0.5) is 0 Å². The van der Waals surface area contributed by atoms with Gasteiger partial charge >= 0.3 is 0 Å². The lowest BCUT2D eigenvalue weighted by Crippen LogP contribution is -2.41. The van der Waals surface area contributed by atoms with Gasteiger partial charge in [-0.05, 0) is 11.8 Å². The first-order chi connectivity index (χ1) is 10.4. The van der Waals surface area contributed by atoms with Crippen LogP contribution in [0.15, 0.2) is 0 Å². The minimum absolute atomic E-state index is 0.211. The van der Waals surface area contributed by atoms with Crippen molar-refractivity contribution < 1.29 is 28.8 Å². The maximum absolute atomic E-state index is 10.5. The smallest absolute Gasteiger partial charge is 0.190 e. The normalized spacial score (nSPS) is 45.1. The molecule has 0 saturated carbocycles. The molecule has 3 aliphatic heterocycles. The second-order valence-electron chi connectivity index (χ2n) is 7.32. The SMILES string of the molecule is CC(C)CC1OCC(C2OC3OC(CC(C)C)OC3C2O)O1. The first-order valence-electron chi connectivity index (χ1n) is 8.35. The minimum atomic E-state index is -0.742. The minimum Gasteiger partial charge on any atom is -0.387 e. The Labute approximate surface area is 132 Å². The largest absolute Gasteiger partial charge is 0.387 e. The lowest BCUT2D eigenvalue weighted by Gasteiger charge is -2.23. The maximum atomic E-state index is 10.5. The van der Waals surface area contributed by atoms with Gasteiger partial charge in [0, 0.05) is 12.8 Å². The van der Waals surface area contributed by atoms with Crippen molar-refractivity contribution in [2.75, 3.05) is 6.61 Å². The molecule has 22 heavy (non-hydrogen) atoms. The van der Waals surface area contributed by atoms with Crippen molar-refractivity contribution in [1.82, 2.24) is 0 Å². The quantitative estimate of drug-likeness (QED) is 0.832. The van der Waals surface area contributed by atoms with E-state index in [0.29, 0.717) is 18.4 Å². The Morgan fingerprint density at radius 1 is 0.864 bits per heavy atom. The number of fused-ring (bicyclic) bond motifs is 1. The van der Waals surface area contributed by atoms with Gasteiger partial charge in [-0.25, -0.2) is 0 Å². The molecule has 3 rings (SSSR count). The molecule has 6 nitrogen and oxygen atoms in total. The summed E-state index contributed by atoms with van der Waals surface area (Å²) >= 11 is 0. The molecule has 3 heterocycles. The lowest BCUT2D eigenvalue weighted by atomic mass is 10.1. The number of rotatable bonds is 5. The van der Waals surface area contributed by atoms with Gasteiger partial charge < -0.3 is 28.8 Å². The molecule has 0 aromatic carbocycles. The van der Waals surface area contributed by atoms with Crippen LogP contribution in [-0.4, -0.2) is 55.0 Å². The van der Waals surface area contributed by atoms with Crippen molar-refractivity contribution in [3.05, 3.63) is 0 Å². The van der Waals surface area contributed by atoms with E-state index in [1.807, 2.05) is 0 Å². The molecule has 0 aliphatic carbocycles. The highest BCUT2D eigenvalue weighted by molar-refractivity contribution is 4.96. The standard InChI is InChI=1S/C16H28O6/c1-8(2)5-11-18-7-10(19-11)14-13(17)15-16(22-14)21-12(20-15)6-9(3)4/h8-17H,5-7H2,1-4H3. The van der Waals surface area contributed by atoms with Crippen LogP contribution in [0.1, 0.15) is 40.5 Å². The van der Waals surface area contributed by atoms with Crippen LogP contribution in [0.2, 0.25) is 0 Å². The fraction of sp³-hybridized carbons (Fsp3) is 1.00. The summed E-state index contributed by atoms with van der Waals surface area (Å²) in [5.41, 5.74) is 0. The Balaban J connectivity index is 1.52. The highest BCUT2D eigenvalue weighted by Gasteiger charge is 2.55. The number of aliphatic hydroxyl groups is 1. The predicted octanol–water partition coefficient (Wildman–Crippen LogP) is 1.65. The summed E-state index contributed by atoms with van der Waals surface area (Å²) in [6.07, 6.45) is -1.25. The lowest BCUT2D eigenvalue weighted by molar-refractivity contribution is -0.194. The molecular formula is C16H28O6. The molecule has 1 N–H and O–H groups in total. The zero-order valence-corrected chi connectivity index (χ0v) is 13.8. The van der Waals surface area contributed by atoms with Gasteiger partial charge in [0.15, 0.2) is 18.9 Å². The van der Waals surface area contributed by atoms with Crippen molar-refractivity contribution in [2.24, 2.45) is 11.8 Å².